The lowest BCUT2D eigenvalue weighted by molar-refractivity contribution is -0.130. The molecule has 2 aromatic rings. The van der Waals surface area contributed by atoms with Gasteiger partial charge in [0.05, 0.1) is 0 Å². The summed E-state index contributed by atoms with van der Waals surface area (Å²) in [4.78, 5) is 18.1. The molecule has 0 fully saturated rings. The van der Waals surface area contributed by atoms with Crippen LogP contribution in [0.5, 0.6) is 0 Å². The smallest absolute Gasteiger partial charge is 0.224 e. The quantitative estimate of drug-likeness (QED) is 0.555. The molecule has 0 unspecified atom stereocenters. The topological polar surface area (TPSA) is 56.7 Å². The Morgan fingerprint density at radius 1 is 1.04 bits per heavy atom. The van der Waals surface area contributed by atoms with Crippen molar-refractivity contribution < 1.29 is 9.18 Å². The monoisotopic (exact) mass is 370 g/mol. The summed E-state index contributed by atoms with van der Waals surface area (Å²) in [5.41, 5.74) is 1.77. The molecule has 0 radical (unpaired) electrons. The van der Waals surface area contributed by atoms with E-state index < -0.39 is 0 Å². The van der Waals surface area contributed by atoms with Crippen LogP contribution in [0.25, 0.3) is 0 Å². The Bertz CT molecular complexity index is 749. The minimum atomic E-state index is -0.200. The number of nitrogens with zero attached hydrogens (tertiary/aromatic N) is 2. The lowest BCUT2D eigenvalue weighted by Gasteiger charge is -2.18. The van der Waals surface area contributed by atoms with Gasteiger partial charge in [0.15, 0.2) is 5.96 Å². The molecule has 144 valence electrons. The summed E-state index contributed by atoms with van der Waals surface area (Å²) in [6.07, 6.45) is 0.934. The molecular formula is C21H27FN4O. The van der Waals surface area contributed by atoms with E-state index >= 15 is 0 Å². The molecule has 0 aliphatic heterocycles. The van der Waals surface area contributed by atoms with Crippen LogP contribution in [0.3, 0.4) is 0 Å². The lowest BCUT2D eigenvalue weighted by Crippen LogP contribution is -2.40. The van der Waals surface area contributed by atoms with Gasteiger partial charge in [0.1, 0.15) is 5.82 Å². The van der Waals surface area contributed by atoms with Crippen LogP contribution in [0.1, 0.15) is 17.5 Å². The number of carbonyl (C=O) groups is 1. The van der Waals surface area contributed by atoms with E-state index in [4.69, 9.17) is 0 Å². The van der Waals surface area contributed by atoms with Crippen LogP contribution in [0.2, 0.25) is 0 Å². The highest BCUT2D eigenvalue weighted by Crippen LogP contribution is 2.06. The Kier molecular flexibility index (Phi) is 8.29. The molecule has 0 aliphatic carbocycles. The Hall–Kier alpha value is -2.89. The van der Waals surface area contributed by atoms with Crippen molar-refractivity contribution in [1.29, 1.82) is 0 Å². The third kappa shape index (κ3) is 7.09. The van der Waals surface area contributed by atoms with Gasteiger partial charge in [0, 0.05) is 40.2 Å². The first-order chi connectivity index (χ1) is 13.1. The predicted molar refractivity (Wildman–Crippen MR) is 107 cm³/mol. The molecule has 5 nitrogen and oxygen atoms in total. The number of guanidine groups is 1. The molecule has 0 saturated heterocycles. The molecule has 0 aromatic heterocycles. The first-order valence-electron chi connectivity index (χ1n) is 9.06. The molecule has 0 heterocycles. The average molecular weight is 370 g/mol. The van der Waals surface area contributed by atoms with Crippen LogP contribution in [0, 0.1) is 5.82 Å². The van der Waals surface area contributed by atoms with Crippen LogP contribution in [-0.2, 0) is 17.8 Å². The summed E-state index contributed by atoms with van der Waals surface area (Å²) >= 11 is 0. The largest absolute Gasteiger partial charge is 0.356 e. The summed E-state index contributed by atoms with van der Waals surface area (Å²) in [5, 5.41) is 6.25. The molecule has 0 bridgehead atoms. The fraction of sp³-hybridized carbons (Fsp3) is 0.333. The lowest BCUT2D eigenvalue weighted by atomic mass is 10.1. The van der Waals surface area contributed by atoms with Gasteiger partial charge in [-0.1, -0.05) is 48.5 Å². The summed E-state index contributed by atoms with van der Waals surface area (Å²) in [5.74, 6) is 0.465. The summed E-state index contributed by atoms with van der Waals surface area (Å²) in [6, 6.07) is 16.6. The van der Waals surface area contributed by atoms with Crippen molar-refractivity contribution in [2.75, 3.05) is 27.2 Å². The van der Waals surface area contributed by atoms with E-state index in [9.17, 15) is 9.18 Å². The molecule has 2 rings (SSSR count). The molecule has 2 aromatic carbocycles. The van der Waals surface area contributed by atoms with Crippen LogP contribution in [0.15, 0.2) is 59.6 Å². The maximum atomic E-state index is 13.6. The Morgan fingerprint density at radius 3 is 2.41 bits per heavy atom. The standard InChI is InChI=1S/C21H27FN4O/c1-23-21(24-14-12-18-10-6-7-11-19(18)22)25-15-13-20(27)26(2)16-17-8-4-3-5-9-17/h3-11H,12-16H2,1-2H3,(H2,23,24,25). The first-order valence-corrected chi connectivity index (χ1v) is 9.06. The normalized spacial score (nSPS) is 11.1. The van der Waals surface area contributed by atoms with Crippen molar-refractivity contribution in [3.63, 3.8) is 0 Å². The van der Waals surface area contributed by atoms with Crippen LogP contribution >= 0.6 is 0 Å². The number of nitrogens with one attached hydrogen (secondary N) is 2. The zero-order valence-corrected chi connectivity index (χ0v) is 15.9. The van der Waals surface area contributed by atoms with Crippen LogP contribution in [0.4, 0.5) is 4.39 Å². The van der Waals surface area contributed by atoms with Gasteiger partial charge in [0.2, 0.25) is 5.91 Å². The summed E-state index contributed by atoms with van der Waals surface area (Å²) in [7, 11) is 3.47. The molecule has 0 atom stereocenters. The highest BCUT2D eigenvalue weighted by Gasteiger charge is 2.09. The second-order valence-electron chi connectivity index (χ2n) is 6.25. The highest BCUT2D eigenvalue weighted by atomic mass is 19.1. The van der Waals surface area contributed by atoms with Crippen molar-refractivity contribution in [3.05, 3.63) is 71.5 Å². The van der Waals surface area contributed by atoms with E-state index in [1.165, 1.54) is 6.07 Å². The van der Waals surface area contributed by atoms with E-state index in [1.807, 2.05) is 36.4 Å². The van der Waals surface area contributed by atoms with Crippen molar-refractivity contribution in [2.24, 2.45) is 4.99 Å². The van der Waals surface area contributed by atoms with Crippen molar-refractivity contribution in [1.82, 2.24) is 15.5 Å². The van der Waals surface area contributed by atoms with E-state index in [0.717, 1.165) is 5.56 Å². The second kappa shape index (κ2) is 11.0. The number of aliphatic imine (C=N–C) groups is 1. The number of hydrogen-bond acceptors (Lipinski definition) is 2. The first kappa shape index (κ1) is 20.4. The van der Waals surface area contributed by atoms with E-state index in [-0.39, 0.29) is 11.7 Å². The number of hydrogen-bond donors (Lipinski definition) is 2. The zero-order chi connectivity index (χ0) is 19.5. The second-order valence-corrected chi connectivity index (χ2v) is 6.25. The van der Waals surface area contributed by atoms with E-state index in [2.05, 4.69) is 15.6 Å². The number of carbonyl (C=O) groups excluding carboxylic acids is 1. The minimum absolute atomic E-state index is 0.0631. The van der Waals surface area contributed by atoms with Crippen molar-refractivity contribution in [3.8, 4) is 0 Å². The summed E-state index contributed by atoms with van der Waals surface area (Å²) < 4.78 is 13.6. The zero-order valence-electron chi connectivity index (χ0n) is 15.9. The van der Waals surface area contributed by atoms with E-state index in [1.54, 1.807) is 31.1 Å². The van der Waals surface area contributed by atoms with Gasteiger partial charge >= 0.3 is 0 Å². The number of benzene rings is 2. The fourth-order valence-electron chi connectivity index (χ4n) is 2.66. The van der Waals surface area contributed by atoms with Crippen LogP contribution < -0.4 is 10.6 Å². The third-order valence-corrected chi connectivity index (χ3v) is 4.19. The molecule has 27 heavy (non-hydrogen) atoms. The predicted octanol–water partition coefficient (Wildman–Crippen LogP) is 2.58. The molecule has 0 saturated carbocycles. The number of amides is 1. The molecule has 0 aliphatic rings. The molecule has 6 heteroatoms. The van der Waals surface area contributed by atoms with Crippen LogP contribution in [-0.4, -0.2) is 44.0 Å². The third-order valence-electron chi connectivity index (χ3n) is 4.19. The minimum Gasteiger partial charge on any atom is -0.356 e. The molecule has 1 amide bonds. The SMILES string of the molecule is CN=C(NCCC(=O)N(C)Cc1ccccc1)NCCc1ccccc1F. The van der Waals surface area contributed by atoms with Crippen molar-refractivity contribution in [2.45, 2.75) is 19.4 Å². The van der Waals surface area contributed by atoms with Gasteiger partial charge in [0.25, 0.3) is 0 Å². The number of halogens is 1. The Morgan fingerprint density at radius 2 is 1.70 bits per heavy atom. The fourth-order valence-corrected chi connectivity index (χ4v) is 2.66. The molecular weight excluding hydrogens is 343 g/mol. The molecule has 0 spiro atoms. The maximum Gasteiger partial charge on any atom is 0.224 e. The van der Waals surface area contributed by atoms with Gasteiger partial charge in [-0.3, -0.25) is 9.79 Å². The van der Waals surface area contributed by atoms with Crippen molar-refractivity contribution >= 4 is 11.9 Å². The summed E-state index contributed by atoms with van der Waals surface area (Å²) in [6.45, 7) is 1.63. The molecule has 2 N–H and O–H groups in total. The van der Waals surface area contributed by atoms with Gasteiger partial charge in [-0.25, -0.2) is 4.39 Å². The number of rotatable bonds is 8. The Balaban J connectivity index is 1.68. The maximum absolute atomic E-state index is 13.6. The Labute approximate surface area is 160 Å². The van der Waals surface area contributed by atoms with Gasteiger partial charge in [-0.15, -0.1) is 0 Å². The van der Waals surface area contributed by atoms with E-state index in [0.29, 0.717) is 44.0 Å². The highest BCUT2D eigenvalue weighted by molar-refractivity contribution is 5.81. The van der Waals surface area contributed by atoms with Gasteiger partial charge in [-0.05, 0) is 23.6 Å². The van der Waals surface area contributed by atoms with Gasteiger partial charge in [-0.2, -0.15) is 0 Å². The average Bonchev–Trinajstić information content (AvgIpc) is 2.68. The van der Waals surface area contributed by atoms with Gasteiger partial charge < -0.3 is 15.5 Å².